The number of amides is 2. The standard InChI is InChI=1S/C17H20N4O2S/c1-11-6-7-13(17(23)20(3)4)10-15(11)24-12(2)18-16(22)14-8-9-21(5)19-14/h6-10H,2H2,1,3-5H3,(H,18,22). The summed E-state index contributed by atoms with van der Waals surface area (Å²) < 4.78 is 1.56. The van der Waals surface area contributed by atoms with Gasteiger partial charge in [-0.15, -0.1) is 0 Å². The van der Waals surface area contributed by atoms with Crippen molar-refractivity contribution in [1.29, 1.82) is 0 Å². The molecule has 126 valence electrons. The van der Waals surface area contributed by atoms with Crippen molar-refractivity contribution in [1.82, 2.24) is 20.0 Å². The molecule has 0 aliphatic heterocycles. The van der Waals surface area contributed by atoms with Gasteiger partial charge in [-0.05, 0) is 30.7 Å². The van der Waals surface area contributed by atoms with Gasteiger partial charge >= 0.3 is 0 Å². The third-order valence-corrected chi connectivity index (χ3v) is 4.28. The van der Waals surface area contributed by atoms with Crippen LogP contribution in [-0.2, 0) is 7.05 Å². The van der Waals surface area contributed by atoms with Crippen LogP contribution in [0.15, 0.2) is 47.0 Å². The monoisotopic (exact) mass is 344 g/mol. The number of benzene rings is 1. The zero-order valence-corrected chi connectivity index (χ0v) is 15.0. The number of nitrogens with one attached hydrogen (secondary N) is 1. The Kier molecular flexibility index (Phi) is 5.46. The molecule has 2 rings (SSSR count). The molecular weight excluding hydrogens is 324 g/mol. The Balaban J connectivity index is 2.09. The van der Waals surface area contributed by atoms with Crippen molar-refractivity contribution in [3.05, 3.63) is 58.9 Å². The summed E-state index contributed by atoms with van der Waals surface area (Å²) in [5.41, 5.74) is 1.92. The first-order chi connectivity index (χ1) is 11.3. The highest BCUT2D eigenvalue weighted by Crippen LogP contribution is 2.28. The molecule has 0 aliphatic rings. The molecule has 0 radical (unpaired) electrons. The molecule has 6 nitrogen and oxygen atoms in total. The third kappa shape index (κ3) is 4.26. The molecule has 0 unspecified atom stereocenters. The lowest BCUT2D eigenvalue weighted by atomic mass is 10.1. The van der Waals surface area contributed by atoms with Crippen LogP contribution >= 0.6 is 11.8 Å². The fourth-order valence-corrected chi connectivity index (χ4v) is 2.81. The quantitative estimate of drug-likeness (QED) is 0.846. The Morgan fingerprint density at radius 3 is 2.58 bits per heavy atom. The highest BCUT2D eigenvalue weighted by atomic mass is 32.2. The highest BCUT2D eigenvalue weighted by Gasteiger charge is 2.13. The fourth-order valence-electron chi connectivity index (χ4n) is 1.99. The second kappa shape index (κ2) is 7.35. The van der Waals surface area contributed by atoms with Gasteiger partial charge in [0.05, 0.1) is 5.03 Å². The molecule has 1 aromatic heterocycles. The summed E-state index contributed by atoms with van der Waals surface area (Å²) in [6.45, 7) is 5.82. The second-order valence-electron chi connectivity index (χ2n) is 5.53. The summed E-state index contributed by atoms with van der Waals surface area (Å²) in [6, 6.07) is 7.11. The van der Waals surface area contributed by atoms with E-state index in [1.807, 2.05) is 13.0 Å². The maximum atomic E-state index is 12.1. The first kappa shape index (κ1) is 17.8. The number of thioether (sulfide) groups is 1. The summed E-state index contributed by atoms with van der Waals surface area (Å²) >= 11 is 1.31. The van der Waals surface area contributed by atoms with E-state index in [-0.39, 0.29) is 11.8 Å². The molecule has 2 amide bonds. The molecule has 1 aromatic carbocycles. The van der Waals surface area contributed by atoms with Gasteiger partial charge in [0.1, 0.15) is 0 Å². The fraction of sp³-hybridized carbons (Fsp3) is 0.235. The second-order valence-corrected chi connectivity index (χ2v) is 6.67. The van der Waals surface area contributed by atoms with Gasteiger partial charge < -0.3 is 10.2 Å². The van der Waals surface area contributed by atoms with Crippen molar-refractivity contribution in [2.45, 2.75) is 11.8 Å². The first-order valence-corrected chi connectivity index (χ1v) is 8.09. The number of nitrogens with zero attached hydrogens (tertiary/aromatic N) is 3. The van der Waals surface area contributed by atoms with Gasteiger partial charge in [0.2, 0.25) is 0 Å². The van der Waals surface area contributed by atoms with Crippen molar-refractivity contribution in [3.8, 4) is 0 Å². The lowest BCUT2D eigenvalue weighted by Gasteiger charge is -2.13. The van der Waals surface area contributed by atoms with Crippen LogP contribution < -0.4 is 5.32 Å². The average molecular weight is 344 g/mol. The molecule has 1 N–H and O–H groups in total. The van der Waals surface area contributed by atoms with Crippen molar-refractivity contribution in [2.24, 2.45) is 7.05 Å². The molecule has 1 heterocycles. The molecule has 0 atom stereocenters. The van der Waals surface area contributed by atoms with E-state index < -0.39 is 0 Å². The van der Waals surface area contributed by atoms with Crippen LogP contribution in [0.5, 0.6) is 0 Å². The molecule has 0 bridgehead atoms. The number of aryl methyl sites for hydroxylation is 2. The Bertz CT molecular complexity index is 796. The van der Waals surface area contributed by atoms with E-state index in [1.54, 1.807) is 50.2 Å². The molecule has 0 fully saturated rings. The Labute approximate surface area is 145 Å². The van der Waals surface area contributed by atoms with Crippen LogP contribution in [0.3, 0.4) is 0 Å². The summed E-state index contributed by atoms with van der Waals surface area (Å²) in [4.78, 5) is 26.6. The minimum atomic E-state index is -0.314. The molecule has 0 spiro atoms. The van der Waals surface area contributed by atoms with Crippen LogP contribution in [0.2, 0.25) is 0 Å². The van der Waals surface area contributed by atoms with E-state index >= 15 is 0 Å². The molecule has 2 aromatic rings. The van der Waals surface area contributed by atoms with E-state index in [4.69, 9.17) is 0 Å². The van der Waals surface area contributed by atoms with E-state index in [0.717, 1.165) is 10.5 Å². The number of hydrogen-bond donors (Lipinski definition) is 1. The molecule has 0 saturated carbocycles. The summed E-state index contributed by atoms with van der Waals surface area (Å²) in [6.07, 6.45) is 1.70. The number of hydrogen-bond acceptors (Lipinski definition) is 4. The zero-order chi connectivity index (χ0) is 17.9. The maximum Gasteiger partial charge on any atom is 0.276 e. The lowest BCUT2D eigenvalue weighted by Crippen LogP contribution is -2.22. The number of carbonyl (C=O) groups is 2. The smallest absolute Gasteiger partial charge is 0.276 e. The Morgan fingerprint density at radius 2 is 2.00 bits per heavy atom. The van der Waals surface area contributed by atoms with Gasteiger partial charge in [-0.25, -0.2) is 0 Å². The Hall–Kier alpha value is -2.54. The van der Waals surface area contributed by atoms with E-state index in [2.05, 4.69) is 17.0 Å². The van der Waals surface area contributed by atoms with Gasteiger partial charge in [-0.3, -0.25) is 14.3 Å². The van der Waals surface area contributed by atoms with Crippen LogP contribution in [0, 0.1) is 6.92 Å². The van der Waals surface area contributed by atoms with Crippen molar-refractivity contribution < 1.29 is 9.59 Å². The third-order valence-electron chi connectivity index (χ3n) is 3.27. The van der Waals surface area contributed by atoms with Gasteiger partial charge in [0.15, 0.2) is 5.69 Å². The zero-order valence-electron chi connectivity index (χ0n) is 14.2. The van der Waals surface area contributed by atoms with Crippen LogP contribution in [-0.4, -0.2) is 40.6 Å². The molecule has 0 aliphatic carbocycles. The van der Waals surface area contributed by atoms with E-state index in [1.165, 1.54) is 16.7 Å². The van der Waals surface area contributed by atoms with Gasteiger partial charge in [-0.2, -0.15) is 5.10 Å². The minimum absolute atomic E-state index is 0.0695. The normalized spacial score (nSPS) is 10.3. The van der Waals surface area contributed by atoms with Crippen molar-refractivity contribution in [3.63, 3.8) is 0 Å². The lowest BCUT2D eigenvalue weighted by molar-refractivity contribution is 0.0827. The van der Waals surface area contributed by atoms with Gasteiger partial charge in [-0.1, -0.05) is 24.4 Å². The average Bonchev–Trinajstić information content (AvgIpc) is 2.95. The number of rotatable bonds is 5. The first-order valence-electron chi connectivity index (χ1n) is 7.28. The van der Waals surface area contributed by atoms with Crippen molar-refractivity contribution in [2.75, 3.05) is 14.1 Å². The predicted octanol–water partition coefficient (Wildman–Crippen LogP) is 2.42. The Morgan fingerprint density at radius 1 is 1.29 bits per heavy atom. The van der Waals surface area contributed by atoms with Crippen LogP contribution in [0.1, 0.15) is 26.4 Å². The van der Waals surface area contributed by atoms with Gasteiger partial charge in [0, 0.05) is 37.8 Å². The minimum Gasteiger partial charge on any atom is -0.345 e. The molecule has 7 heteroatoms. The molecule has 24 heavy (non-hydrogen) atoms. The predicted molar refractivity (Wildman–Crippen MR) is 94.9 cm³/mol. The highest BCUT2D eigenvalue weighted by molar-refractivity contribution is 8.03. The van der Waals surface area contributed by atoms with E-state index in [9.17, 15) is 9.59 Å². The summed E-state index contributed by atoms with van der Waals surface area (Å²) in [7, 11) is 5.17. The number of carbonyl (C=O) groups excluding carboxylic acids is 2. The topological polar surface area (TPSA) is 67.2 Å². The molecular formula is C17H20N4O2S. The summed E-state index contributed by atoms with van der Waals surface area (Å²) in [5, 5.41) is 7.24. The number of aromatic nitrogens is 2. The molecule has 0 saturated heterocycles. The SMILES string of the molecule is C=C(NC(=O)c1ccn(C)n1)Sc1cc(C(=O)N(C)C)ccc1C. The van der Waals surface area contributed by atoms with Crippen LogP contribution in [0.4, 0.5) is 0 Å². The van der Waals surface area contributed by atoms with Crippen molar-refractivity contribution >= 4 is 23.6 Å². The van der Waals surface area contributed by atoms with Crippen LogP contribution in [0.25, 0.3) is 0 Å². The van der Waals surface area contributed by atoms with E-state index in [0.29, 0.717) is 16.3 Å². The summed E-state index contributed by atoms with van der Waals surface area (Å²) in [5.74, 6) is -0.383. The largest absolute Gasteiger partial charge is 0.345 e. The van der Waals surface area contributed by atoms with Gasteiger partial charge in [0.25, 0.3) is 11.8 Å². The maximum absolute atomic E-state index is 12.1.